The van der Waals surface area contributed by atoms with Crippen molar-refractivity contribution in [3.05, 3.63) is 81.9 Å². The second-order valence-electron chi connectivity index (χ2n) is 6.78. The molecular formula is C22H25N3O3S. The molecule has 0 bridgehead atoms. The molecule has 0 saturated carbocycles. The van der Waals surface area contributed by atoms with Gasteiger partial charge in [0.15, 0.2) is 5.76 Å². The molecule has 0 fully saturated rings. The molecule has 1 aromatic carbocycles. The molecule has 0 aliphatic rings. The summed E-state index contributed by atoms with van der Waals surface area (Å²) in [4.78, 5) is 25.1. The third-order valence-corrected chi connectivity index (χ3v) is 5.74. The lowest BCUT2D eigenvalue weighted by Gasteiger charge is -2.19. The predicted octanol–water partition coefficient (Wildman–Crippen LogP) is 3.99. The first-order valence-corrected chi connectivity index (χ1v) is 10.5. The van der Waals surface area contributed by atoms with Gasteiger partial charge in [-0.05, 0) is 47.0 Å². The topological polar surface area (TPSA) is 83.4 Å². The molecule has 7 heteroatoms. The summed E-state index contributed by atoms with van der Waals surface area (Å²) in [6.45, 7) is 4.44. The van der Waals surface area contributed by atoms with E-state index in [1.165, 1.54) is 17.9 Å². The van der Waals surface area contributed by atoms with E-state index in [0.29, 0.717) is 5.92 Å². The summed E-state index contributed by atoms with van der Waals surface area (Å²) in [5, 5.41) is 5.30. The van der Waals surface area contributed by atoms with Crippen LogP contribution >= 0.6 is 11.3 Å². The van der Waals surface area contributed by atoms with Crippen molar-refractivity contribution >= 4 is 23.2 Å². The van der Waals surface area contributed by atoms with E-state index in [0.717, 1.165) is 16.9 Å². The SMILES string of the molecule is CC[C@@H](C)c1ccc([C@H](NCC(=O)NNC(=O)c2ccco2)c2cccs2)cc1. The van der Waals surface area contributed by atoms with Gasteiger partial charge in [-0.25, -0.2) is 0 Å². The number of thiophene rings is 1. The van der Waals surface area contributed by atoms with Gasteiger partial charge in [0.2, 0.25) is 0 Å². The van der Waals surface area contributed by atoms with Gasteiger partial charge < -0.3 is 4.42 Å². The smallest absolute Gasteiger partial charge is 0.305 e. The number of benzene rings is 1. The lowest BCUT2D eigenvalue weighted by atomic mass is 9.95. The van der Waals surface area contributed by atoms with Gasteiger partial charge in [-0.15, -0.1) is 11.3 Å². The predicted molar refractivity (Wildman–Crippen MR) is 114 cm³/mol. The quantitative estimate of drug-likeness (QED) is 0.489. The lowest BCUT2D eigenvalue weighted by Crippen LogP contribution is -2.45. The van der Waals surface area contributed by atoms with Gasteiger partial charge in [-0.2, -0.15) is 0 Å². The van der Waals surface area contributed by atoms with Crippen LogP contribution < -0.4 is 16.2 Å². The monoisotopic (exact) mass is 411 g/mol. The van der Waals surface area contributed by atoms with E-state index in [4.69, 9.17) is 4.42 Å². The van der Waals surface area contributed by atoms with Crippen molar-refractivity contribution in [2.24, 2.45) is 0 Å². The van der Waals surface area contributed by atoms with E-state index in [1.807, 2.05) is 17.5 Å². The first kappa shape index (κ1) is 20.8. The summed E-state index contributed by atoms with van der Waals surface area (Å²) in [6.07, 6.45) is 2.49. The third kappa shape index (κ3) is 5.56. The van der Waals surface area contributed by atoms with Crippen molar-refractivity contribution in [3.63, 3.8) is 0 Å². The van der Waals surface area contributed by atoms with Gasteiger partial charge in [0.1, 0.15) is 0 Å². The minimum absolute atomic E-state index is 0.0497. The van der Waals surface area contributed by atoms with Crippen LogP contribution in [0.1, 0.15) is 58.8 Å². The van der Waals surface area contributed by atoms with Gasteiger partial charge in [-0.1, -0.05) is 44.2 Å². The van der Waals surface area contributed by atoms with Crippen molar-refractivity contribution in [1.82, 2.24) is 16.2 Å². The van der Waals surface area contributed by atoms with Crippen LogP contribution in [0.5, 0.6) is 0 Å². The highest BCUT2D eigenvalue weighted by atomic mass is 32.1. The van der Waals surface area contributed by atoms with Gasteiger partial charge >= 0.3 is 5.91 Å². The maximum Gasteiger partial charge on any atom is 0.305 e. The van der Waals surface area contributed by atoms with E-state index in [9.17, 15) is 9.59 Å². The Labute approximate surface area is 174 Å². The Morgan fingerprint density at radius 3 is 2.41 bits per heavy atom. The summed E-state index contributed by atoms with van der Waals surface area (Å²) in [7, 11) is 0. The van der Waals surface area contributed by atoms with E-state index >= 15 is 0 Å². The van der Waals surface area contributed by atoms with Crippen LogP contribution in [0.25, 0.3) is 0 Å². The fourth-order valence-electron chi connectivity index (χ4n) is 2.93. The number of hydrazine groups is 1. The molecule has 3 aromatic rings. The Morgan fingerprint density at radius 2 is 1.79 bits per heavy atom. The second kappa shape index (κ2) is 10.0. The number of nitrogens with one attached hydrogen (secondary N) is 3. The molecule has 0 spiro atoms. The maximum atomic E-state index is 12.2. The van der Waals surface area contributed by atoms with Crippen LogP contribution in [0.2, 0.25) is 0 Å². The number of hydrogen-bond acceptors (Lipinski definition) is 5. The standard InChI is InChI=1S/C22H25N3O3S/c1-3-15(2)16-8-10-17(11-9-16)21(19-7-5-13-29-19)23-14-20(26)24-25-22(27)18-6-4-12-28-18/h4-13,15,21,23H,3,14H2,1-2H3,(H,24,26)(H,25,27)/t15-,21+/m1/s1. The fraction of sp³-hybridized carbons (Fsp3) is 0.273. The molecule has 2 amide bonds. The first-order valence-electron chi connectivity index (χ1n) is 9.57. The average molecular weight is 412 g/mol. The zero-order chi connectivity index (χ0) is 20.6. The molecule has 6 nitrogen and oxygen atoms in total. The molecule has 2 aromatic heterocycles. The summed E-state index contributed by atoms with van der Waals surface area (Å²) < 4.78 is 4.99. The van der Waals surface area contributed by atoms with Crippen LogP contribution in [0.3, 0.4) is 0 Å². The van der Waals surface area contributed by atoms with Crippen molar-refractivity contribution in [2.45, 2.75) is 32.2 Å². The number of carbonyl (C=O) groups is 2. The molecular weight excluding hydrogens is 386 g/mol. The molecule has 0 radical (unpaired) electrons. The molecule has 0 aliphatic carbocycles. The van der Waals surface area contributed by atoms with Gasteiger partial charge in [0, 0.05) is 4.88 Å². The zero-order valence-corrected chi connectivity index (χ0v) is 17.3. The van der Waals surface area contributed by atoms with Crippen molar-refractivity contribution in [3.8, 4) is 0 Å². The number of hydrogen-bond donors (Lipinski definition) is 3. The highest BCUT2D eigenvalue weighted by Gasteiger charge is 2.17. The Morgan fingerprint density at radius 1 is 1.03 bits per heavy atom. The third-order valence-electron chi connectivity index (χ3n) is 4.81. The summed E-state index contributed by atoms with van der Waals surface area (Å²) in [5.41, 5.74) is 7.13. The summed E-state index contributed by atoms with van der Waals surface area (Å²) in [5.74, 6) is -0.196. The van der Waals surface area contributed by atoms with Crippen molar-refractivity contribution in [1.29, 1.82) is 0 Å². The fourth-order valence-corrected chi connectivity index (χ4v) is 3.75. The molecule has 29 heavy (non-hydrogen) atoms. The van der Waals surface area contributed by atoms with E-state index in [2.05, 4.69) is 54.3 Å². The Balaban J connectivity index is 1.61. The Hall–Kier alpha value is -2.90. The molecule has 3 N–H and O–H groups in total. The number of amides is 2. The van der Waals surface area contributed by atoms with Crippen LogP contribution in [-0.4, -0.2) is 18.4 Å². The first-order chi connectivity index (χ1) is 14.1. The maximum absolute atomic E-state index is 12.2. The van der Waals surface area contributed by atoms with E-state index in [1.54, 1.807) is 17.4 Å². The number of furan rings is 1. The van der Waals surface area contributed by atoms with E-state index in [-0.39, 0.29) is 24.3 Å². The van der Waals surface area contributed by atoms with Crippen molar-refractivity contribution in [2.75, 3.05) is 6.54 Å². The highest BCUT2D eigenvalue weighted by molar-refractivity contribution is 7.10. The minimum Gasteiger partial charge on any atom is -0.459 e. The van der Waals surface area contributed by atoms with Gasteiger partial charge in [0.25, 0.3) is 5.91 Å². The summed E-state index contributed by atoms with van der Waals surface area (Å²) >= 11 is 1.63. The van der Waals surface area contributed by atoms with Crippen LogP contribution in [0, 0.1) is 0 Å². The Kier molecular flexibility index (Phi) is 7.21. The molecule has 2 heterocycles. The normalized spacial score (nSPS) is 12.9. The molecule has 0 aliphatic heterocycles. The number of carbonyl (C=O) groups excluding carboxylic acids is 2. The molecule has 3 rings (SSSR count). The molecule has 2 atom stereocenters. The van der Waals surface area contributed by atoms with Crippen molar-refractivity contribution < 1.29 is 14.0 Å². The molecule has 0 unspecified atom stereocenters. The van der Waals surface area contributed by atoms with E-state index < -0.39 is 5.91 Å². The second-order valence-corrected chi connectivity index (χ2v) is 7.76. The van der Waals surface area contributed by atoms with Crippen LogP contribution in [-0.2, 0) is 4.79 Å². The molecule has 152 valence electrons. The average Bonchev–Trinajstić information content (AvgIpc) is 3.46. The highest BCUT2D eigenvalue weighted by Crippen LogP contribution is 2.27. The van der Waals surface area contributed by atoms with Gasteiger partial charge in [0.05, 0.1) is 18.8 Å². The summed E-state index contributed by atoms with van der Waals surface area (Å²) in [6, 6.07) is 15.6. The largest absolute Gasteiger partial charge is 0.459 e. The lowest BCUT2D eigenvalue weighted by molar-refractivity contribution is -0.121. The number of rotatable bonds is 8. The van der Waals surface area contributed by atoms with Gasteiger partial charge in [-0.3, -0.25) is 25.8 Å². The molecule has 0 saturated heterocycles. The van der Waals surface area contributed by atoms with Crippen LogP contribution in [0.15, 0.2) is 64.6 Å². The van der Waals surface area contributed by atoms with Crippen LogP contribution in [0.4, 0.5) is 0 Å². The Bertz CT molecular complexity index is 905. The minimum atomic E-state index is -0.501. The zero-order valence-electron chi connectivity index (χ0n) is 16.5.